The number of rotatable bonds is 2. The lowest BCUT2D eigenvalue weighted by Crippen LogP contribution is -2.53. The lowest BCUT2D eigenvalue weighted by atomic mass is 9.76. The van der Waals surface area contributed by atoms with Crippen LogP contribution in [-0.4, -0.2) is 30.1 Å². The van der Waals surface area contributed by atoms with Gasteiger partial charge in [-0.2, -0.15) is 0 Å². The minimum Gasteiger partial charge on any atom is -0.329 e. The Morgan fingerprint density at radius 1 is 1.10 bits per heavy atom. The van der Waals surface area contributed by atoms with Crippen LogP contribution in [0.3, 0.4) is 0 Å². The van der Waals surface area contributed by atoms with Crippen molar-refractivity contribution in [2.45, 2.75) is 78.7 Å². The van der Waals surface area contributed by atoms with Gasteiger partial charge in [0, 0.05) is 18.6 Å². The fourth-order valence-electron chi connectivity index (χ4n) is 4.42. The van der Waals surface area contributed by atoms with E-state index in [4.69, 9.17) is 5.73 Å². The van der Waals surface area contributed by atoms with Crippen LogP contribution in [0.2, 0.25) is 0 Å². The van der Waals surface area contributed by atoms with Gasteiger partial charge in [-0.1, -0.05) is 41.0 Å². The van der Waals surface area contributed by atoms with E-state index in [1.807, 2.05) is 0 Å². The third-order valence-corrected chi connectivity index (χ3v) is 6.11. The molecule has 2 fully saturated rings. The number of likely N-dealkylation sites (tertiary alicyclic amines) is 1. The van der Waals surface area contributed by atoms with Crippen molar-refractivity contribution in [1.29, 1.82) is 0 Å². The predicted octanol–water partition coefficient (Wildman–Crippen LogP) is 4.04. The van der Waals surface area contributed by atoms with Crippen molar-refractivity contribution in [2.24, 2.45) is 22.5 Å². The van der Waals surface area contributed by atoms with Crippen LogP contribution in [0.25, 0.3) is 0 Å². The van der Waals surface area contributed by atoms with E-state index in [-0.39, 0.29) is 0 Å². The second-order valence-electron chi connectivity index (χ2n) is 9.26. The summed E-state index contributed by atoms with van der Waals surface area (Å²) in [5.74, 6) is 0.867. The highest BCUT2D eigenvalue weighted by Crippen LogP contribution is 2.44. The van der Waals surface area contributed by atoms with Crippen LogP contribution >= 0.6 is 0 Å². The van der Waals surface area contributed by atoms with Gasteiger partial charge in [-0.05, 0) is 55.4 Å². The molecule has 0 aromatic carbocycles. The fraction of sp³-hybridized carbons (Fsp3) is 1.00. The molecule has 0 bridgehead atoms. The van der Waals surface area contributed by atoms with E-state index in [9.17, 15) is 0 Å². The Balaban J connectivity index is 2.09. The monoisotopic (exact) mass is 280 g/mol. The summed E-state index contributed by atoms with van der Waals surface area (Å²) in [6.07, 6.45) is 8.06. The Kier molecular flexibility index (Phi) is 4.57. The quantitative estimate of drug-likeness (QED) is 0.773. The zero-order valence-corrected chi connectivity index (χ0v) is 14.5. The molecule has 2 aliphatic rings. The normalized spacial score (nSPS) is 36.0. The molecular weight excluding hydrogens is 244 g/mol. The molecule has 2 unspecified atom stereocenters. The zero-order valence-electron chi connectivity index (χ0n) is 14.5. The third kappa shape index (κ3) is 3.39. The molecule has 0 aromatic heterocycles. The molecule has 0 radical (unpaired) electrons. The molecule has 2 nitrogen and oxygen atoms in total. The topological polar surface area (TPSA) is 29.3 Å². The lowest BCUT2D eigenvalue weighted by molar-refractivity contribution is 0.0897. The smallest absolute Gasteiger partial charge is 0.0332 e. The summed E-state index contributed by atoms with van der Waals surface area (Å²) in [6.45, 7) is 15.4. The molecule has 1 aliphatic heterocycles. The van der Waals surface area contributed by atoms with Gasteiger partial charge in [0.1, 0.15) is 0 Å². The summed E-state index contributed by atoms with van der Waals surface area (Å²) in [4.78, 5) is 2.75. The second-order valence-corrected chi connectivity index (χ2v) is 9.26. The summed E-state index contributed by atoms with van der Waals surface area (Å²) in [7, 11) is 0. The highest BCUT2D eigenvalue weighted by molar-refractivity contribution is 4.99. The van der Waals surface area contributed by atoms with Gasteiger partial charge in [-0.25, -0.2) is 0 Å². The molecule has 0 amide bonds. The minimum absolute atomic E-state index is 0.299. The van der Waals surface area contributed by atoms with Crippen LogP contribution in [-0.2, 0) is 0 Å². The molecule has 20 heavy (non-hydrogen) atoms. The van der Waals surface area contributed by atoms with Gasteiger partial charge in [-0.3, -0.25) is 4.90 Å². The first-order valence-electron chi connectivity index (χ1n) is 8.64. The number of nitrogens with two attached hydrogens (primary N) is 1. The number of hydrogen-bond donors (Lipinski definition) is 1. The van der Waals surface area contributed by atoms with Crippen molar-refractivity contribution in [1.82, 2.24) is 4.90 Å². The molecule has 1 saturated carbocycles. The highest BCUT2D eigenvalue weighted by Gasteiger charge is 2.43. The fourth-order valence-corrected chi connectivity index (χ4v) is 4.42. The number of hydrogen-bond acceptors (Lipinski definition) is 2. The van der Waals surface area contributed by atoms with Crippen LogP contribution in [0.1, 0.15) is 73.1 Å². The van der Waals surface area contributed by atoms with Gasteiger partial charge in [0.05, 0.1) is 0 Å². The standard InChI is InChI=1S/C18H36N2/c1-16(2,3)15-7-6-9-18(13-19,10-8-15)20-12-11-17(4,5)14-20/h15H,6-14,19H2,1-5H3. The molecule has 2 heteroatoms. The van der Waals surface area contributed by atoms with Crippen LogP contribution in [0.15, 0.2) is 0 Å². The molecular formula is C18H36N2. The first-order chi connectivity index (χ1) is 9.19. The van der Waals surface area contributed by atoms with E-state index in [2.05, 4.69) is 39.5 Å². The van der Waals surface area contributed by atoms with E-state index in [0.717, 1.165) is 12.5 Å². The lowest BCUT2D eigenvalue weighted by Gasteiger charge is -2.42. The van der Waals surface area contributed by atoms with Crippen molar-refractivity contribution in [3.8, 4) is 0 Å². The maximum Gasteiger partial charge on any atom is 0.0332 e. The van der Waals surface area contributed by atoms with Gasteiger partial charge in [-0.15, -0.1) is 0 Å². The second kappa shape index (κ2) is 5.61. The zero-order chi connectivity index (χ0) is 15.0. The molecule has 2 rings (SSSR count). The van der Waals surface area contributed by atoms with E-state index >= 15 is 0 Å². The summed E-state index contributed by atoms with van der Waals surface area (Å²) in [5, 5.41) is 0. The van der Waals surface area contributed by atoms with Crippen molar-refractivity contribution in [2.75, 3.05) is 19.6 Å². The highest BCUT2D eigenvalue weighted by atomic mass is 15.2. The molecule has 2 atom stereocenters. The van der Waals surface area contributed by atoms with E-state index in [1.165, 1.54) is 51.6 Å². The van der Waals surface area contributed by atoms with Crippen molar-refractivity contribution >= 4 is 0 Å². The van der Waals surface area contributed by atoms with Crippen molar-refractivity contribution < 1.29 is 0 Å². The van der Waals surface area contributed by atoms with E-state index in [1.54, 1.807) is 0 Å². The summed E-state index contributed by atoms with van der Waals surface area (Å²) >= 11 is 0. The van der Waals surface area contributed by atoms with E-state index < -0.39 is 0 Å². The summed E-state index contributed by atoms with van der Waals surface area (Å²) < 4.78 is 0. The number of nitrogens with zero attached hydrogens (tertiary/aromatic N) is 1. The molecule has 2 N–H and O–H groups in total. The van der Waals surface area contributed by atoms with Gasteiger partial charge in [0.2, 0.25) is 0 Å². The molecule has 1 heterocycles. The summed E-state index contributed by atoms with van der Waals surface area (Å²) in [6, 6.07) is 0. The van der Waals surface area contributed by atoms with Gasteiger partial charge >= 0.3 is 0 Å². The first kappa shape index (κ1) is 16.3. The van der Waals surface area contributed by atoms with Gasteiger partial charge < -0.3 is 5.73 Å². The third-order valence-electron chi connectivity index (χ3n) is 6.11. The minimum atomic E-state index is 0.299. The average Bonchev–Trinajstić information content (AvgIpc) is 2.60. The predicted molar refractivity (Wildman–Crippen MR) is 87.8 cm³/mol. The Bertz CT molecular complexity index is 329. The molecule has 0 aromatic rings. The van der Waals surface area contributed by atoms with E-state index in [0.29, 0.717) is 16.4 Å². The Morgan fingerprint density at radius 2 is 1.80 bits per heavy atom. The van der Waals surface area contributed by atoms with Crippen LogP contribution in [0, 0.1) is 16.7 Å². The SMILES string of the molecule is CC1(C)CCN(C2(CN)CCCC(C(C)(C)C)CC2)C1. The Morgan fingerprint density at radius 3 is 2.30 bits per heavy atom. The molecule has 118 valence electrons. The van der Waals surface area contributed by atoms with Crippen molar-refractivity contribution in [3.63, 3.8) is 0 Å². The van der Waals surface area contributed by atoms with Crippen LogP contribution in [0.5, 0.6) is 0 Å². The largest absolute Gasteiger partial charge is 0.329 e. The molecule has 1 saturated heterocycles. The van der Waals surface area contributed by atoms with Gasteiger partial charge in [0.15, 0.2) is 0 Å². The van der Waals surface area contributed by atoms with Crippen molar-refractivity contribution in [3.05, 3.63) is 0 Å². The molecule has 1 aliphatic carbocycles. The van der Waals surface area contributed by atoms with Crippen LogP contribution < -0.4 is 5.73 Å². The molecule has 0 spiro atoms. The summed E-state index contributed by atoms with van der Waals surface area (Å²) in [5.41, 5.74) is 7.53. The maximum absolute atomic E-state index is 6.29. The van der Waals surface area contributed by atoms with Gasteiger partial charge in [0.25, 0.3) is 0 Å². The average molecular weight is 281 g/mol. The Labute approximate surface area is 126 Å². The first-order valence-corrected chi connectivity index (χ1v) is 8.64. The van der Waals surface area contributed by atoms with Crippen LogP contribution in [0.4, 0.5) is 0 Å². The Hall–Kier alpha value is -0.0800. The maximum atomic E-state index is 6.29.